The van der Waals surface area contributed by atoms with Gasteiger partial charge in [-0.05, 0) is 99.7 Å². The molecule has 9 nitrogen and oxygen atoms in total. The van der Waals surface area contributed by atoms with Gasteiger partial charge in [0.05, 0.1) is 46.2 Å². The quantitative estimate of drug-likeness (QED) is 0.188. The number of allylic oxidation sites excluding steroid dienone is 2. The van der Waals surface area contributed by atoms with Crippen molar-refractivity contribution in [2.75, 3.05) is 16.4 Å². The Labute approximate surface area is 280 Å². The summed E-state index contributed by atoms with van der Waals surface area (Å²) < 4.78 is 19.8. The molecule has 0 spiro atoms. The number of anilines is 2. The van der Waals surface area contributed by atoms with Crippen LogP contribution in [0.4, 0.5) is 15.8 Å². The van der Waals surface area contributed by atoms with Crippen LogP contribution in [0, 0.1) is 34.9 Å². The summed E-state index contributed by atoms with van der Waals surface area (Å²) in [5.41, 5.74) is 0.958. The van der Waals surface area contributed by atoms with E-state index in [1.54, 1.807) is 50.2 Å². The summed E-state index contributed by atoms with van der Waals surface area (Å²) in [7, 11) is 0. The molecule has 3 aromatic rings. The molecule has 2 heterocycles. The Kier molecular flexibility index (Phi) is 7.54. The number of halogens is 2. The summed E-state index contributed by atoms with van der Waals surface area (Å²) in [5, 5.41) is 10.3. The third-order valence-corrected chi connectivity index (χ3v) is 10.9. The number of carbonyl (C=O) groups excluding carboxylic acids is 5. The van der Waals surface area contributed by atoms with Crippen LogP contribution in [0.2, 0.25) is 5.02 Å². The molecule has 7 rings (SSSR count). The van der Waals surface area contributed by atoms with Crippen molar-refractivity contribution in [2.24, 2.45) is 29.1 Å². The minimum atomic E-state index is -1.35. The fraction of sp³-hybridized carbons (Fsp3) is 0.324. The first-order valence-electron chi connectivity index (χ1n) is 15.9. The number of carbonyl (C=O) groups is 5. The second kappa shape index (κ2) is 11.4. The van der Waals surface area contributed by atoms with Gasteiger partial charge in [0.15, 0.2) is 17.3 Å². The van der Waals surface area contributed by atoms with Gasteiger partial charge in [-0.25, -0.2) is 9.29 Å². The minimum Gasteiger partial charge on any atom is -0.504 e. The molecule has 4 amide bonds. The average molecular weight is 671 g/mol. The number of phenols is 1. The van der Waals surface area contributed by atoms with Crippen LogP contribution in [-0.2, 0) is 19.2 Å². The summed E-state index contributed by atoms with van der Waals surface area (Å²) in [5.74, 6) is -6.17. The monoisotopic (exact) mass is 670 g/mol. The number of fused-ring (bicyclic) bond motifs is 4. The first kappa shape index (κ1) is 31.8. The predicted molar refractivity (Wildman–Crippen MR) is 174 cm³/mol. The summed E-state index contributed by atoms with van der Waals surface area (Å²) in [6.07, 6.45) is 2.30. The zero-order valence-electron chi connectivity index (χ0n) is 26.4. The van der Waals surface area contributed by atoms with Crippen molar-refractivity contribution in [1.82, 2.24) is 0 Å². The molecule has 1 saturated carbocycles. The number of rotatable bonds is 6. The van der Waals surface area contributed by atoms with Crippen LogP contribution in [0.3, 0.4) is 0 Å². The lowest BCUT2D eigenvalue weighted by Gasteiger charge is -2.49. The molecule has 246 valence electrons. The molecule has 48 heavy (non-hydrogen) atoms. The van der Waals surface area contributed by atoms with E-state index in [0.29, 0.717) is 16.8 Å². The number of ketones is 1. The fourth-order valence-corrected chi connectivity index (χ4v) is 8.52. The first-order valence-corrected chi connectivity index (χ1v) is 16.2. The van der Waals surface area contributed by atoms with Gasteiger partial charge in [-0.2, -0.15) is 0 Å². The van der Waals surface area contributed by atoms with Crippen molar-refractivity contribution in [2.45, 2.75) is 39.5 Å². The number of phenolic OH excluding ortho intramolecular Hbond substituents is 1. The number of hydrogen-bond donors (Lipinski definition) is 1. The van der Waals surface area contributed by atoms with Crippen LogP contribution in [0.15, 0.2) is 72.3 Å². The molecular weight excluding hydrogens is 639 g/mol. The van der Waals surface area contributed by atoms with E-state index in [1.165, 1.54) is 30.0 Å². The van der Waals surface area contributed by atoms with Crippen LogP contribution >= 0.6 is 11.6 Å². The highest BCUT2D eigenvalue weighted by Crippen LogP contribution is 2.64. The Morgan fingerprint density at radius 3 is 2.33 bits per heavy atom. The number of hydrogen-bond acceptors (Lipinski definition) is 7. The predicted octanol–water partition coefficient (Wildman–Crippen LogP) is 6.22. The van der Waals surface area contributed by atoms with Crippen LogP contribution in [0.25, 0.3) is 0 Å². The maximum absolute atomic E-state index is 14.6. The molecule has 4 aliphatic rings. The molecule has 3 aromatic carbocycles. The zero-order chi connectivity index (χ0) is 34.2. The third kappa shape index (κ3) is 4.52. The Bertz CT molecular complexity index is 1960. The highest BCUT2D eigenvalue weighted by Gasteiger charge is 2.67. The highest BCUT2D eigenvalue weighted by molar-refractivity contribution is 6.32. The van der Waals surface area contributed by atoms with E-state index in [9.17, 15) is 33.5 Å². The number of Topliss-reactive ketones (excluding diaryl/α,β-unsaturated/α-hetero) is 1. The topological polar surface area (TPSA) is 121 Å². The van der Waals surface area contributed by atoms with Crippen LogP contribution in [-0.4, -0.2) is 41.1 Å². The summed E-state index contributed by atoms with van der Waals surface area (Å²) >= 11 is 6.08. The Hall–Kier alpha value is -4.83. The standard InChI is InChI=1S/C37H32ClFN2O7/c1-4-48-30-15-20(7-14-29(30)43)32-23-11-12-24-31(35(46)40(33(24)44)21-8-5-19(6-9-21)18(2)42)25(23)17-26-34(45)41(36(47)37(26,32)3)22-10-13-28(39)27(38)16-22/h5-11,13-16,24-26,31-32,43H,4,12,17H2,1-3H3. The zero-order valence-corrected chi connectivity index (χ0v) is 27.2. The summed E-state index contributed by atoms with van der Waals surface area (Å²) in [4.78, 5) is 71.1. The van der Waals surface area contributed by atoms with Gasteiger partial charge in [0, 0.05) is 11.5 Å². The molecule has 11 heteroatoms. The molecular formula is C37H32ClFN2O7. The van der Waals surface area contributed by atoms with Gasteiger partial charge in [-0.1, -0.05) is 29.3 Å². The van der Waals surface area contributed by atoms with Crippen molar-refractivity contribution in [3.8, 4) is 11.5 Å². The number of imide groups is 2. The Balaban J connectivity index is 1.35. The molecule has 0 radical (unpaired) electrons. The van der Waals surface area contributed by atoms with E-state index in [2.05, 4.69) is 0 Å². The van der Waals surface area contributed by atoms with Gasteiger partial charge >= 0.3 is 0 Å². The summed E-state index contributed by atoms with van der Waals surface area (Å²) in [6.45, 7) is 5.21. The van der Waals surface area contributed by atoms with Gasteiger partial charge < -0.3 is 9.84 Å². The minimum absolute atomic E-state index is 0.0910. The molecule has 0 aromatic heterocycles. The SMILES string of the molecule is CCOc1cc(C2C3=CCC4C(=O)N(c5ccc(C(C)=O)cc5)C(=O)C4C3CC3C(=O)N(c4ccc(F)c(Cl)c4)C(=O)C32C)ccc1O. The molecule has 0 bridgehead atoms. The molecule has 2 aliphatic carbocycles. The molecule has 6 atom stereocenters. The molecule has 3 fully saturated rings. The molecule has 6 unspecified atom stereocenters. The van der Waals surface area contributed by atoms with Gasteiger partial charge in [-0.15, -0.1) is 0 Å². The van der Waals surface area contributed by atoms with Crippen molar-refractivity contribution in [3.05, 3.63) is 94.3 Å². The highest BCUT2D eigenvalue weighted by atomic mass is 35.5. The van der Waals surface area contributed by atoms with Crippen LogP contribution in [0.1, 0.15) is 55.5 Å². The van der Waals surface area contributed by atoms with Crippen molar-refractivity contribution in [1.29, 1.82) is 0 Å². The Morgan fingerprint density at radius 2 is 1.67 bits per heavy atom. The average Bonchev–Trinajstić information content (AvgIpc) is 3.43. The normalized spacial score (nSPS) is 27.9. The van der Waals surface area contributed by atoms with Crippen molar-refractivity contribution < 1.29 is 38.2 Å². The molecule has 1 N–H and O–H groups in total. The second-order valence-electron chi connectivity index (χ2n) is 13.0. The number of nitrogens with zero attached hydrogens (tertiary/aromatic N) is 2. The van der Waals surface area contributed by atoms with E-state index in [0.717, 1.165) is 16.5 Å². The van der Waals surface area contributed by atoms with Crippen LogP contribution in [0.5, 0.6) is 11.5 Å². The lowest BCUT2D eigenvalue weighted by Crippen LogP contribution is -2.48. The summed E-state index contributed by atoms with van der Waals surface area (Å²) in [6, 6.07) is 14.8. The van der Waals surface area contributed by atoms with Gasteiger partial charge in [0.2, 0.25) is 23.6 Å². The van der Waals surface area contributed by atoms with E-state index < -0.39 is 58.5 Å². The lowest BCUT2D eigenvalue weighted by molar-refractivity contribution is -0.131. The lowest BCUT2D eigenvalue weighted by atomic mass is 9.51. The number of amides is 4. The van der Waals surface area contributed by atoms with Crippen molar-refractivity contribution >= 4 is 52.4 Å². The van der Waals surface area contributed by atoms with E-state index in [1.807, 2.05) is 6.08 Å². The van der Waals surface area contributed by atoms with E-state index >= 15 is 0 Å². The number of ether oxygens (including phenoxy) is 1. The smallest absolute Gasteiger partial charge is 0.241 e. The van der Waals surface area contributed by atoms with Gasteiger partial charge in [0.1, 0.15) is 5.82 Å². The molecule has 2 saturated heterocycles. The fourth-order valence-electron chi connectivity index (χ4n) is 8.35. The van der Waals surface area contributed by atoms with Gasteiger partial charge in [0.25, 0.3) is 0 Å². The third-order valence-electron chi connectivity index (χ3n) is 10.6. The largest absolute Gasteiger partial charge is 0.504 e. The Morgan fingerprint density at radius 1 is 0.958 bits per heavy atom. The second-order valence-corrected chi connectivity index (χ2v) is 13.4. The number of aromatic hydroxyl groups is 1. The number of benzene rings is 3. The first-order chi connectivity index (χ1) is 22.9. The maximum Gasteiger partial charge on any atom is 0.241 e. The van der Waals surface area contributed by atoms with Gasteiger partial charge in [-0.3, -0.25) is 28.9 Å². The van der Waals surface area contributed by atoms with Crippen molar-refractivity contribution in [3.63, 3.8) is 0 Å². The maximum atomic E-state index is 14.6. The van der Waals surface area contributed by atoms with E-state index in [4.69, 9.17) is 16.3 Å². The van der Waals surface area contributed by atoms with Crippen LogP contribution < -0.4 is 14.5 Å². The molecule has 2 aliphatic heterocycles. The van der Waals surface area contributed by atoms with E-state index in [-0.39, 0.29) is 53.3 Å².